The molecule has 0 aromatic carbocycles. The summed E-state index contributed by atoms with van der Waals surface area (Å²) in [7, 11) is 4.27. The normalized spacial score (nSPS) is 28.1. The topological polar surface area (TPSA) is 32.1 Å². The predicted molar refractivity (Wildman–Crippen MR) is 77.6 cm³/mol. The van der Waals surface area contributed by atoms with Gasteiger partial charge in [0.1, 0.15) is 5.76 Å². The number of ether oxygens (including phenoxy) is 1. The molecule has 0 bridgehead atoms. The summed E-state index contributed by atoms with van der Waals surface area (Å²) in [5, 5.41) is 0. The molecule has 5 nitrogen and oxygen atoms in total. The van der Waals surface area contributed by atoms with Gasteiger partial charge in [0.2, 0.25) is 0 Å². The highest BCUT2D eigenvalue weighted by atomic mass is 16.5. The molecule has 20 heavy (non-hydrogen) atoms. The lowest BCUT2D eigenvalue weighted by molar-refractivity contribution is -0.0483. The van der Waals surface area contributed by atoms with Crippen LogP contribution in [0.3, 0.4) is 0 Å². The van der Waals surface area contributed by atoms with Crippen molar-refractivity contribution in [1.29, 1.82) is 0 Å². The molecule has 0 spiro atoms. The summed E-state index contributed by atoms with van der Waals surface area (Å²) in [6, 6.07) is 4.55. The zero-order valence-electron chi connectivity index (χ0n) is 12.5. The molecule has 3 heterocycles. The largest absolute Gasteiger partial charge is 0.468 e. The maximum absolute atomic E-state index is 5.96. The number of hydrogen-bond acceptors (Lipinski definition) is 5. The molecule has 5 heteroatoms. The van der Waals surface area contributed by atoms with Crippen molar-refractivity contribution in [3.63, 3.8) is 0 Å². The molecule has 0 unspecified atom stereocenters. The van der Waals surface area contributed by atoms with Crippen LogP contribution in [-0.2, 0) is 11.3 Å². The fourth-order valence-electron chi connectivity index (χ4n) is 3.19. The summed E-state index contributed by atoms with van der Waals surface area (Å²) in [6.45, 7) is 7.16. The molecule has 2 atom stereocenters. The fourth-order valence-corrected chi connectivity index (χ4v) is 3.19. The van der Waals surface area contributed by atoms with Crippen molar-refractivity contribution in [3.05, 3.63) is 24.2 Å². The summed E-state index contributed by atoms with van der Waals surface area (Å²) in [5.74, 6) is 1.04. The van der Waals surface area contributed by atoms with Crippen molar-refractivity contribution in [2.75, 3.05) is 53.4 Å². The van der Waals surface area contributed by atoms with E-state index in [0.717, 1.165) is 51.6 Å². The summed E-state index contributed by atoms with van der Waals surface area (Å²) >= 11 is 0. The van der Waals surface area contributed by atoms with Gasteiger partial charge in [-0.25, -0.2) is 0 Å². The van der Waals surface area contributed by atoms with Gasteiger partial charge in [0.25, 0.3) is 0 Å². The quantitative estimate of drug-likeness (QED) is 0.793. The van der Waals surface area contributed by atoms with Crippen LogP contribution in [-0.4, -0.2) is 80.3 Å². The second-order valence-electron chi connectivity index (χ2n) is 6.09. The van der Waals surface area contributed by atoms with Crippen LogP contribution in [0.5, 0.6) is 0 Å². The highest BCUT2D eigenvalue weighted by Gasteiger charge is 2.39. The average Bonchev–Trinajstić information content (AvgIpc) is 3.05. The minimum Gasteiger partial charge on any atom is -0.468 e. The van der Waals surface area contributed by atoms with Crippen LogP contribution in [0.4, 0.5) is 0 Å². The molecule has 3 rings (SSSR count). The van der Waals surface area contributed by atoms with E-state index in [4.69, 9.17) is 9.15 Å². The molecule has 0 amide bonds. The van der Waals surface area contributed by atoms with Crippen LogP contribution < -0.4 is 0 Å². The molecular weight excluding hydrogens is 254 g/mol. The van der Waals surface area contributed by atoms with E-state index in [1.165, 1.54) is 0 Å². The number of likely N-dealkylation sites (tertiary alicyclic amines) is 1. The Bertz CT molecular complexity index is 407. The Morgan fingerprint density at radius 1 is 1.35 bits per heavy atom. The summed E-state index contributed by atoms with van der Waals surface area (Å²) in [4.78, 5) is 7.29. The molecule has 0 aliphatic carbocycles. The first kappa shape index (κ1) is 14.1. The first-order valence-electron chi connectivity index (χ1n) is 7.47. The van der Waals surface area contributed by atoms with Crippen molar-refractivity contribution in [2.45, 2.75) is 18.7 Å². The molecule has 2 saturated heterocycles. The van der Waals surface area contributed by atoms with Crippen LogP contribution in [0.15, 0.2) is 22.8 Å². The third-order valence-corrected chi connectivity index (χ3v) is 4.29. The zero-order valence-corrected chi connectivity index (χ0v) is 12.5. The van der Waals surface area contributed by atoms with E-state index in [1.807, 2.05) is 12.1 Å². The third kappa shape index (κ3) is 3.23. The van der Waals surface area contributed by atoms with E-state index in [1.54, 1.807) is 6.26 Å². The van der Waals surface area contributed by atoms with Gasteiger partial charge in [0.05, 0.1) is 25.5 Å². The minimum atomic E-state index is 0.362. The van der Waals surface area contributed by atoms with Crippen LogP contribution >= 0.6 is 0 Å². The van der Waals surface area contributed by atoms with E-state index in [9.17, 15) is 0 Å². The minimum absolute atomic E-state index is 0.362. The molecule has 112 valence electrons. The number of morpholine rings is 1. The lowest BCUT2D eigenvalue weighted by atomic mass is 10.1. The SMILES string of the molecule is CN(C)CCN1CCO[C@@H]2CN(Cc3ccco3)C[C@@H]21. The molecule has 2 aliphatic rings. The molecule has 2 aliphatic heterocycles. The lowest BCUT2D eigenvalue weighted by Crippen LogP contribution is -2.52. The van der Waals surface area contributed by atoms with Crippen molar-refractivity contribution < 1.29 is 9.15 Å². The first-order chi connectivity index (χ1) is 9.72. The Morgan fingerprint density at radius 2 is 2.25 bits per heavy atom. The van der Waals surface area contributed by atoms with Crippen LogP contribution in [0.25, 0.3) is 0 Å². The van der Waals surface area contributed by atoms with Crippen molar-refractivity contribution in [1.82, 2.24) is 14.7 Å². The maximum Gasteiger partial charge on any atom is 0.117 e. The number of rotatable bonds is 5. The average molecular weight is 279 g/mol. The first-order valence-corrected chi connectivity index (χ1v) is 7.47. The number of fused-ring (bicyclic) bond motifs is 1. The Morgan fingerprint density at radius 3 is 3.00 bits per heavy atom. The smallest absolute Gasteiger partial charge is 0.117 e. The number of likely N-dealkylation sites (N-methyl/N-ethyl adjacent to an activating group) is 1. The Balaban J connectivity index is 1.57. The van der Waals surface area contributed by atoms with Gasteiger partial charge in [0, 0.05) is 38.8 Å². The van der Waals surface area contributed by atoms with Gasteiger partial charge in [0.15, 0.2) is 0 Å². The molecule has 1 aromatic heterocycles. The van der Waals surface area contributed by atoms with E-state index in [2.05, 4.69) is 28.8 Å². The third-order valence-electron chi connectivity index (χ3n) is 4.29. The maximum atomic E-state index is 5.96. The predicted octanol–water partition coefficient (Wildman–Crippen LogP) is 0.726. The van der Waals surface area contributed by atoms with E-state index >= 15 is 0 Å². The fraction of sp³-hybridized carbons (Fsp3) is 0.733. The number of hydrogen-bond donors (Lipinski definition) is 0. The van der Waals surface area contributed by atoms with Gasteiger partial charge < -0.3 is 14.1 Å². The van der Waals surface area contributed by atoms with Crippen molar-refractivity contribution in [2.24, 2.45) is 0 Å². The molecule has 0 radical (unpaired) electrons. The van der Waals surface area contributed by atoms with E-state index in [-0.39, 0.29) is 0 Å². The van der Waals surface area contributed by atoms with E-state index < -0.39 is 0 Å². The van der Waals surface area contributed by atoms with Gasteiger partial charge in [-0.3, -0.25) is 9.80 Å². The lowest BCUT2D eigenvalue weighted by Gasteiger charge is -2.37. The summed E-state index contributed by atoms with van der Waals surface area (Å²) < 4.78 is 11.4. The van der Waals surface area contributed by atoms with Gasteiger partial charge in [-0.1, -0.05) is 0 Å². The highest BCUT2D eigenvalue weighted by molar-refractivity contribution is 5.01. The summed E-state index contributed by atoms with van der Waals surface area (Å²) in [6.07, 6.45) is 2.11. The van der Waals surface area contributed by atoms with Gasteiger partial charge in [-0.2, -0.15) is 0 Å². The van der Waals surface area contributed by atoms with Gasteiger partial charge >= 0.3 is 0 Å². The van der Waals surface area contributed by atoms with Crippen LogP contribution in [0.2, 0.25) is 0 Å². The molecule has 0 saturated carbocycles. The molecule has 1 aromatic rings. The van der Waals surface area contributed by atoms with Crippen LogP contribution in [0.1, 0.15) is 5.76 Å². The molecule has 2 fully saturated rings. The second-order valence-corrected chi connectivity index (χ2v) is 6.09. The van der Waals surface area contributed by atoms with Crippen LogP contribution in [0, 0.1) is 0 Å². The van der Waals surface area contributed by atoms with Crippen molar-refractivity contribution in [3.8, 4) is 0 Å². The van der Waals surface area contributed by atoms with Crippen molar-refractivity contribution >= 4 is 0 Å². The second kappa shape index (κ2) is 6.26. The number of nitrogens with zero attached hydrogens (tertiary/aromatic N) is 3. The Labute approximate surface area is 121 Å². The highest BCUT2D eigenvalue weighted by Crippen LogP contribution is 2.24. The monoisotopic (exact) mass is 279 g/mol. The summed E-state index contributed by atoms with van der Waals surface area (Å²) in [5.41, 5.74) is 0. The molecular formula is C15H25N3O2. The Kier molecular flexibility index (Phi) is 4.41. The van der Waals surface area contributed by atoms with E-state index in [0.29, 0.717) is 12.1 Å². The van der Waals surface area contributed by atoms with Gasteiger partial charge in [-0.15, -0.1) is 0 Å². The molecule has 0 N–H and O–H groups in total. The standard InChI is InChI=1S/C15H25N3O2/c1-16(2)5-6-18-7-9-20-15-12-17(11-14(15)18)10-13-4-3-8-19-13/h3-4,8,14-15H,5-7,9-12H2,1-2H3/t14-,15+/m0/s1. The number of furan rings is 1. The Hall–Kier alpha value is -0.880. The van der Waals surface area contributed by atoms with Gasteiger partial charge in [-0.05, 0) is 26.2 Å². The zero-order chi connectivity index (χ0) is 13.9.